The average molecular weight is 358 g/mol. The van der Waals surface area contributed by atoms with Crippen molar-refractivity contribution in [2.75, 3.05) is 6.54 Å². The predicted octanol–water partition coefficient (Wildman–Crippen LogP) is 0.141. The molecule has 138 valence electrons. The lowest BCUT2D eigenvalue weighted by molar-refractivity contribution is -0.126. The van der Waals surface area contributed by atoms with E-state index >= 15 is 0 Å². The van der Waals surface area contributed by atoms with E-state index in [-0.39, 0.29) is 23.4 Å². The average Bonchev–Trinajstić information content (AvgIpc) is 3.16. The third-order valence-electron chi connectivity index (χ3n) is 4.65. The first-order valence-electron chi connectivity index (χ1n) is 8.73. The number of carbonyl (C=O) groups is 2. The summed E-state index contributed by atoms with van der Waals surface area (Å²) in [5.41, 5.74) is 0.538. The van der Waals surface area contributed by atoms with Crippen LogP contribution >= 0.6 is 0 Å². The summed E-state index contributed by atoms with van der Waals surface area (Å²) in [5, 5.41) is 12.5. The second-order valence-corrected chi connectivity index (χ2v) is 6.44. The molecule has 1 aliphatic carbocycles. The van der Waals surface area contributed by atoms with E-state index in [1.165, 1.54) is 12.5 Å². The van der Waals surface area contributed by atoms with Crippen LogP contribution in [0.2, 0.25) is 0 Å². The Hall–Kier alpha value is -2.97. The Balaban J connectivity index is 1.41. The molecule has 0 aliphatic heterocycles. The van der Waals surface area contributed by atoms with Gasteiger partial charge in [-0.05, 0) is 31.7 Å². The van der Waals surface area contributed by atoms with E-state index in [9.17, 15) is 14.4 Å². The number of amides is 2. The van der Waals surface area contributed by atoms with Crippen LogP contribution in [0.25, 0.3) is 0 Å². The van der Waals surface area contributed by atoms with Gasteiger partial charge in [-0.25, -0.2) is 4.98 Å². The summed E-state index contributed by atoms with van der Waals surface area (Å²) in [6.07, 6.45) is 7.75. The fourth-order valence-corrected chi connectivity index (χ4v) is 3.16. The summed E-state index contributed by atoms with van der Waals surface area (Å²) in [7, 11) is 0. The Morgan fingerprint density at radius 1 is 1.23 bits per heavy atom. The van der Waals surface area contributed by atoms with Crippen molar-refractivity contribution >= 4 is 11.8 Å². The third kappa shape index (κ3) is 4.56. The summed E-state index contributed by atoms with van der Waals surface area (Å²) < 4.78 is 0. The van der Waals surface area contributed by atoms with E-state index in [0.29, 0.717) is 32.2 Å². The van der Waals surface area contributed by atoms with Crippen molar-refractivity contribution in [3.05, 3.63) is 46.4 Å². The van der Waals surface area contributed by atoms with Crippen LogP contribution in [-0.4, -0.2) is 44.6 Å². The molecule has 0 unspecified atom stereocenters. The highest BCUT2D eigenvalue weighted by molar-refractivity contribution is 5.93. The summed E-state index contributed by atoms with van der Waals surface area (Å²) >= 11 is 0. The summed E-state index contributed by atoms with van der Waals surface area (Å²) in [5.74, 6) is -0.406. The number of aromatic nitrogens is 4. The minimum Gasteiger partial charge on any atom is -0.355 e. The highest BCUT2D eigenvalue weighted by Crippen LogP contribution is 2.24. The number of hydrogen-bond acceptors (Lipinski definition) is 5. The second-order valence-electron chi connectivity index (χ2n) is 6.44. The first kappa shape index (κ1) is 17.8. The van der Waals surface area contributed by atoms with Crippen molar-refractivity contribution < 1.29 is 9.59 Å². The molecule has 0 radical (unpaired) electrons. The third-order valence-corrected chi connectivity index (χ3v) is 4.65. The van der Waals surface area contributed by atoms with Crippen LogP contribution < -0.4 is 16.2 Å². The molecule has 2 amide bonds. The number of aromatic amines is 2. The van der Waals surface area contributed by atoms with E-state index in [0.717, 1.165) is 12.1 Å². The Bertz CT molecular complexity index is 793. The summed E-state index contributed by atoms with van der Waals surface area (Å²) in [4.78, 5) is 42.2. The molecule has 0 aromatic carbocycles. The maximum absolute atomic E-state index is 12.2. The zero-order valence-electron chi connectivity index (χ0n) is 14.3. The minimum absolute atomic E-state index is 0.00572. The van der Waals surface area contributed by atoms with Gasteiger partial charge in [0.2, 0.25) is 5.91 Å². The molecule has 2 aromatic heterocycles. The van der Waals surface area contributed by atoms with Crippen molar-refractivity contribution in [2.24, 2.45) is 5.92 Å². The van der Waals surface area contributed by atoms with Crippen molar-refractivity contribution in [1.82, 2.24) is 30.8 Å². The Labute approximate surface area is 150 Å². The number of carbonyl (C=O) groups excluding carboxylic acids is 2. The first-order chi connectivity index (χ1) is 12.6. The van der Waals surface area contributed by atoms with Gasteiger partial charge < -0.3 is 15.6 Å². The van der Waals surface area contributed by atoms with Gasteiger partial charge in [0.15, 0.2) is 0 Å². The number of rotatable bonds is 6. The number of nitrogens with one attached hydrogen (secondary N) is 4. The van der Waals surface area contributed by atoms with Gasteiger partial charge in [0, 0.05) is 43.0 Å². The van der Waals surface area contributed by atoms with E-state index in [4.69, 9.17) is 0 Å². The van der Waals surface area contributed by atoms with Crippen molar-refractivity contribution in [3.63, 3.8) is 0 Å². The van der Waals surface area contributed by atoms with Gasteiger partial charge >= 0.3 is 0 Å². The van der Waals surface area contributed by atoms with Crippen LogP contribution in [0, 0.1) is 5.92 Å². The molecule has 1 fully saturated rings. The molecule has 3 rings (SSSR count). The Kier molecular flexibility index (Phi) is 5.77. The van der Waals surface area contributed by atoms with Crippen LogP contribution in [0.4, 0.5) is 0 Å². The molecular weight excluding hydrogens is 336 g/mol. The fourth-order valence-electron chi connectivity index (χ4n) is 3.16. The van der Waals surface area contributed by atoms with Crippen molar-refractivity contribution in [2.45, 2.75) is 38.1 Å². The molecule has 9 nitrogen and oxygen atoms in total. The number of H-pyrrole nitrogens is 2. The van der Waals surface area contributed by atoms with E-state index < -0.39 is 11.5 Å². The molecule has 0 spiro atoms. The largest absolute Gasteiger partial charge is 0.355 e. The number of nitrogens with zero attached hydrogens (tertiary/aromatic N) is 2. The van der Waals surface area contributed by atoms with Crippen LogP contribution in [0.5, 0.6) is 0 Å². The maximum atomic E-state index is 12.2. The van der Waals surface area contributed by atoms with Gasteiger partial charge in [-0.15, -0.1) is 0 Å². The van der Waals surface area contributed by atoms with Gasteiger partial charge in [-0.1, -0.05) is 0 Å². The minimum atomic E-state index is -0.456. The van der Waals surface area contributed by atoms with Gasteiger partial charge in [0.25, 0.3) is 11.5 Å². The molecule has 0 bridgehead atoms. The highest BCUT2D eigenvalue weighted by Gasteiger charge is 2.27. The van der Waals surface area contributed by atoms with Crippen LogP contribution in [0.1, 0.15) is 41.7 Å². The predicted molar refractivity (Wildman–Crippen MR) is 93.4 cm³/mol. The lowest BCUT2D eigenvalue weighted by atomic mass is 9.85. The number of hydrogen-bond donors (Lipinski definition) is 4. The monoisotopic (exact) mass is 358 g/mol. The van der Waals surface area contributed by atoms with Gasteiger partial charge in [0.1, 0.15) is 5.56 Å². The van der Waals surface area contributed by atoms with E-state index in [1.54, 1.807) is 6.20 Å². The topological polar surface area (TPSA) is 133 Å². The Morgan fingerprint density at radius 3 is 2.73 bits per heavy atom. The molecule has 4 N–H and O–H groups in total. The van der Waals surface area contributed by atoms with Gasteiger partial charge in [-0.3, -0.25) is 19.5 Å². The molecule has 26 heavy (non-hydrogen) atoms. The SMILES string of the molecule is O=C(NC1CCC(C(=O)NCCc2ccn[nH]2)CC1)c1cnc[nH]c1=O. The lowest BCUT2D eigenvalue weighted by Gasteiger charge is -2.28. The zero-order chi connectivity index (χ0) is 18.4. The quantitative estimate of drug-likeness (QED) is 0.583. The molecule has 0 atom stereocenters. The van der Waals surface area contributed by atoms with E-state index in [1.807, 2.05) is 6.07 Å². The first-order valence-corrected chi connectivity index (χ1v) is 8.73. The van der Waals surface area contributed by atoms with Gasteiger partial charge in [0.05, 0.1) is 6.33 Å². The smallest absolute Gasteiger partial charge is 0.263 e. The molecule has 1 aliphatic rings. The summed E-state index contributed by atoms with van der Waals surface area (Å²) in [6, 6.07) is 1.85. The molecule has 2 aromatic rings. The second kappa shape index (κ2) is 8.41. The fraction of sp³-hybridized carbons (Fsp3) is 0.471. The summed E-state index contributed by atoms with van der Waals surface area (Å²) in [6.45, 7) is 0.571. The van der Waals surface area contributed by atoms with Crippen LogP contribution in [-0.2, 0) is 11.2 Å². The van der Waals surface area contributed by atoms with Crippen LogP contribution in [0.15, 0.2) is 29.6 Å². The standard InChI is InChI=1S/C17H22N6O3/c24-15(19-7-5-13-6-8-21-23-13)11-1-3-12(4-2-11)22-17(26)14-9-18-10-20-16(14)25/h6,8-12H,1-5,7H2,(H,19,24)(H,21,23)(H,22,26)(H,18,20,25). The van der Waals surface area contributed by atoms with Gasteiger partial charge in [-0.2, -0.15) is 5.10 Å². The lowest BCUT2D eigenvalue weighted by Crippen LogP contribution is -2.42. The maximum Gasteiger partial charge on any atom is 0.263 e. The normalized spacial score (nSPS) is 19.7. The van der Waals surface area contributed by atoms with Crippen molar-refractivity contribution in [3.8, 4) is 0 Å². The highest BCUT2D eigenvalue weighted by atomic mass is 16.2. The van der Waals surface area contributed by atoms with Crippen molar-refractivity contribution in [1.29, 1.82) is 0 Å². The zero-order valence-corrected chi connectivity index (χ0v) is 14.3. The van der Waals surface area contributed by atoms with Crippen LogP contribution in [0.3, 0.4) is 0 Å². The van der Waals surface area contributed by atoms with E-state index in [2.05, 4.69) is 30.8 Å². The molecule has 9 heteroatoms. The molecule has 1 saturated carbocycles. The molecule has 2 heterocycles. The molecular formula is C17H22N6O3. The molecule has 0 saturated heterocycles. The Morgan fingerprint density at radius 2 is 2.04 bits per heavy atom.